The Morgan fingerprint density at radius 2 is 0.438 bits per heavy atom. The van der Waals surface area contributed by atoms with Crippen LogP contribution in [0.5, 0.6) is 0 Å². The molecule has 0 unspecified atom stereocenters. The molecule has 0 aliphatic rings. The van der Waals surface area contributed by atoms with E-state index >= 15 is 0 Å². The molecule has 1 radical (unpaired) electrons. The van der Waals surface area contributed by atoms with Gasteiger partial charge < -0.3 is 15.3 Å². The van der Waals surface area contributed by atoms with Crippen molar-refractivity contribution in [2.24, 2.45) is 0 Å². The molecule has 0 aromatic carbocycles. The second-order valence-corrected chi connectivity index (χ2v) is 6.51. The molecule has 0 aliphatic carbocycles. The van der Waals surface area contributed by atoms with Crippen LogP contribution < -0.4 is 0 Å². The van der Waals surface area contributed by atoms with Crippen molar-refractivity contribution in [3.8, 4) is 0 Å². The van der Waals surface area contributed by atoms with Crippen molar-refractivity contribution in [3.63, 3.8) is 0 Å². The van der Waals surface area contributed by atoms with E-state index < -0.39 is 16.8 Å². The summed E-state index contributed by atoms with van der Waals surface area (Å²) in [7, 11) is 0. The molecule has 16 heavy (non-hydrogen) atoms. The molecule has 3 nitrogen and oxygen atoms in total. The van der Waals surface area contributed by atoms with E-state index in [1.165, 1.54) is 0 Å². The predicted octanol–water partition coefficient (Wildman–Crippen LogP) is 2.33. The summed E-state index contributed by atoms with van der Waals surface area (Å²) in [6.07, 6.45) is 0. The average molecular weight is 381 g/mol. The molecule has 0 fully saturated rings. The molecule has 0 aliphatic heterocycles. The molecule has 4 heteroatoms. The minimum Gasteiger partial charge on any atom is -0.391 e. The molecule has 3 N–H and O–H groups in total. The summed E-state index contributed by atoms with van der Waals surface area (Å²) < 4.78 is 0. The van der Waals surface area contributed by atoms with Crippen molar-refractivity contribution in [1.82, 2.24) is 0 Å². The second kappa shape index (κ2) is 10.1. The normalized spacial score (nSPS) is 11.2. The second-order valence-electron chi connectivity index (χ2n) is 6.51. The smallest absolute Gasteiger partial charge is 0.0563 e. The Morgan fingerprint density at radius 1 is 0.438 bits per heavy atom. The summed E-state index contributed by atoms with van der Waals surface area (Å²) in [4.78, 5) is 0. The van der Waals surface area contributed by atoms with Gasteiger partial charge in [-0.05, 0) is 62.3 Å². The minimum absolute atomic E-state index is 0. The largest absolute Gasteiger partial charge is 0.391 e. The summed E-state index contributed by atoms with van der Waals surface area (Å²) in [5, 5.41) is 25.6. The van der Waals surface area contributed by atoms with Crippen molar-refractivity contribution in [1.29, 1.82) is 0 Å². The Labute approximate surface area is 132 Å². The maximum absolute atomic E-state index is 8.52. The first-order chi connectivity index (χ1) is 6.00. The number of rotatable bonds is 0. The van der Waals surface area contributed by atoms with Crippen molar-refractivity contribution in [2.75, 3.05) is 0 Å². The Balaban J connectivity index is -0.0000000655. The fraction of sp³-hybridized carbons (Fsp3) is 1.00. The first-order valence-corrected chi connectivity index (χ1v) is 5.17. The molecule has 0 bridgehead atoms. The van der Waals surface area contributed by atoms with E-state index in [1.54, 1.807) is 62.3 Å². The van der Waals surface area contributed by atoms with Gasteiger partial charge in [0.1, 0.15) is 0 Å². The zero-order chi connectivity index (χ0) is 13.5. The van der Waals surface area contributed by atoms with Crippen LogP contribution in [-0.4, -0.2) is 32.1 Å². The van der Waals surface area contributed by atoms with Gasteiger partial charge in [-0.2, -0.15) is 0 Å². The molecule has 0 atom stereocenters. The fourth-order valence-electron chi connectivity index (χ4n) is 0. The van der Waals surface area contributed by atoms with Crippen molar-refractivity contribution in [3.05, 3.63) is 0 Å². The van der Waals surface area contributed by atoms with E-state index in [0.717, 1.165) is 0 Å². The zero-order valence-corrected chi connectivity index (χ0v) is 14.3. The molecule has 0 aromatic rings. The van der Waals surface area contributed by atoms with Crippen LogP contribution >= 0.6 is 0 Å². The first kappa shape index (κ1) is 25.9. The maximum Gasteiger partial charge on any atom is 0.0563 e. The van der Waals surface area contributed by atoms with E-state index in [9.17, 15) is 0 Å². The van der Waals surface area contributed by atoms with Crippen LogP contribution in [0.3, 0.4) is 0 Å². The molecule has 0 heterocycles. The van der Waals surface area contributed by atoms with Gasteiger partial charge in [-0.3, -0.25) is 0 Å². The van der Waals surface area contributed by atoms with Crippen LogP contribution in [-0.2, 0) is 0 Å². The summed E-state index contributed by atoms with van der Waals surface area (Å²) in [5.41, 5.74) is -1.50. The number of hydrogen-bond donors (Lipinski definition) is 3. The molecular formula is C12H30O3Tb. The van der Waals surface area contributed by atoms with Gasteiger partial charge in [0, 0.05) is 38.6 Å². The molecule has 0 saturated carbocycles. The van der Waals surface area contributed by atoms with Gasteiger partial charge >= 0.3 is 0 Å². The van der Waals surface area contributed by atoms with Crippen molar-refractivity contribution < 1.29 is 53.9 Å². The van der Waals surface area contributed by atoms with Gasteiger partial charge in [0.2, 0.25) is 0 Å². The van der Waals surface area contributed by atoms with Crippen LogP contribution in [0.15, 0.2) is 0 Å². The van der Waals surface area contributed by atoms with Crippen LogP contribution in [0.1, 0.15) is 62.3 Å². The summed E-state index contributed by atoms with van der Waals surface area (Å²) >= 11 is 0. The molecule has 0 aromatic heterocycles. The molecule has 0 amide bonds. The van der Waals surface area contributed by atoms with Crippen LogP contribution in [0.4, 0.5) is 0 Å². The molecule has 0 rings (SSSR count). The van der Waals surface area contributed by atoms with Crippen LogP contribution in [0.2, 0.25) is 0 Å². The standard InChI is InChI=1S/3C4H10O.Tb/c3*1-4(2,3)5;/h3*5H,1-3H3;. The SMILES string of the molecule is CC(C)(C)O.CC(C)(C)O.CC(C)(C)O.[Tb]. The Bertz CT molecular complexity index is 91.3. The van der Waals surface area contributed by atoms with Gasteiger partial charge in [-0.25, -0.2) is 0 Å². The summed E-state index contributed by atoms with van der Waals surface area (Å²) in [6, 6.07) is 0. The third-order valence-electron chi connectivity index (χ3n) is 0. The van der Waals surface area contributed by atoms with E-state index in [0.29, 0.717) is 0 Å². The summed E-state index contributed by atoms with van der Waals surface area (Å²) in [5.74, 6) is 0. The third kappa shape index (κ3) is 2240. The van der Waals surface area contributed by atoms with E-state index in [2.05, 4.69) is 0 Å². The molecule has 0 saturated heterocycles. The summed E-state index contributed by atoms with van der Waals surface area (Å²) in [6.45, 7) is 15.7. The quantitative estimate of drug-likeness (QED) is 0.604. The molecule has 0 spiro atoms. The van der Waals surface area contributed by atoms with Crippen LogP contribution in [0, 0.1) is 38.6 Å². The van der Waals surface area contributed by atoms with Gasteiger partial charge in [-0.15, -0.1) is 0 Å². The Morgan fingerprint density at radius 3 is 0.438 bits per heavy atom. The average Bonchev–Trinajstić information content (AvgIpc) is 1.41. The van der Waals surface area contributed by atoms with Crippen molar-refractivity contribution >= 4 is 0 Å². The zero-order valence-electron chi connectivity index (χ0n) is 12.2. The fourth-order valence-corrected chi connectivity index (χ4v) is 0. The topological polar surface area (TPSA) is 60.7 Å². The van der Waals surface area contributed by atoms with Gasteiger partial charge in [0.25, 0.3) is 0 Å². The van der Waals surface area contributed by atoms with Crippen molar-refractivity contribution in [2.45, 2.75) is 79.1 Å². The third-order valence-corrected chi connectivity index (χ3v) is 0. The molecular weight excluding hydrogens is 351 g/mol. The Kier molecular flexibility index (Phi) is 16.4. The first-order valence-electron chi connectivity index (χ1n) is 5.17. The van der Waals surface area contributed by atoms with E-state index in [4.69, 9.17) is 15.3 Å². The van der Waals surface area contributed by atoms with E-state index in [1.807, 2.05) is 0 Å². The Hall–Kier alpha value is 1.17. The number of hydrogen-bond acceptors (Lipinski definition) is 3. The van der Waals surface area contributed by atoms with Crippen LogP contribution in [0.25, 0.3) is 0 Å². The van der Waals surface area contributed by atoms with Gasteiger partial charge in [0.15, 0.2) is 0 Å². The predicted molar refractivity (Wildman–Crippen MR) is 65.9 cm³/mol. The van der Waals surface area contributed by atoms with Gasteiger partial charge in [-0.1, -0.05) is 0 Å². The number of aliphatic hydroxyl groups is 3. The minimum atomic E-state index is -0.500. The maximum atomic E-state index is 8.52. The molecule has 105 valence electrons. The monoisotopic (exact) mass is 381 g/mol. The van der Waals surface area contributed by atoms with E-state index in [-0.39, 0.29) is 38.6 Å². The van der Waals surface area contributed by atoms with Gasteiger partial charge in [0.05, 0.1) is 16.8 Å².